The van der Waals surface area contributed by atoms with Crippen LogP contribution in [0.1, 0.15) is 40.4 Å². The number of nitrogens with zero attached hydrogens (tertiary/aromatic N) is 1. The first-order chi connectivity index (χ1) is 11.3. The van der Waals surface area contributed by atoms with E-state index in [1.54, 1.807) is 6.26 Å². The van der Waals surface area contributed by atoms with Crippen molar-refractivity contribution >= 4 is 11.9 Å². The number of rotatable bonds is 9. The first kappa shape index (κ1) is 20.1. The number of nitrogens with one attached hydrogen (secondary N) is 3. The Morgan fingerprint density at radius 3 is 2.62 bits per heavy atom. The molecule has 0 aliphatic heterocycles. The van der Waals surface area contributed by atoms with Crippen molar-refractivity contribution in [2.75, 3.05) is 26.2 Å². The van der Waals surface area contributed by atoms with Gasteiger partial charge in [-0.25, -0.2) is 0 Å². The Labute approximate surface area is 145 Å². The van der Waals surface area contributed by atoms with Crippen molar-refractivity contribution in [3.63, 3.8) is 0 Å². The summed E-state index contributed by atoms with van der Waals surface area (Å²) in [4.78, 5) is 16.7. The van der Waals surface area contributed by atoms with Crippen LogP contribution in [0.5, 0.6) is 0 Å². The molecule has 136 valence electrons. The molecule has 0 fully saturated rings. The van der Waals surface area contributed by atoms with Gasteiger partial charge in [-0.1, -0.05) is 13.8 Å². The highest BCUT2D eigenvalue weighted by atomic mass is 16.3. The molecule has 0 aliphatic rings. The highest BCUT2D eigenvalue weighted by Crippen LogP contribution is 2.15. The van der Waals surface area contributed by atoms with Crippen LogP contribution in [0, 0.1) is 11.3 Å². The van der Waals surface area contributed by atoms with Crippen molar-refractivity contribution in [1.82, 2.24) is 16.0 Å². The Morgan fingerprint density at radius 1 is 1.29 bits per heavy atom. The molecule has 0 atom stereocenters. The van der Waals surface area contributed by atoms with Gasteiger partial charge in [-0.15, -0.1) is 0 Å². The second-order valence-corrected chi connectivity index (χ2v) is 6.94. The summed E-state index contributed by atoms with van der Waals surface area (Å²) >= 11 is 0. The van der Waals surface area contributed by atoms with Crippen molar-refractivity contribution in [3.8, 4) is 0 Å². The third-order valence-corrected chi connectivity index (χ3v) is 3.51. The lowest BCUT2D eigenvalue weighted by molar-refractivity contribution is -0.128. The molecule has 6 heteroatoms. The van der Waals surface area contributed by atoms with Crippen LogP contribution in [0.3, 0.4) is 0 Å². The fourth-order valence-electron chi connectivity index (χ4n) is 1.98. The van der Waals surface area contributed by atoms with E-state index in [1.165, 1.54) is 0 Å². The van der Waals surface area contributed by atoms with Crippen LogP contribution in [-0.4, -0.2) is 38.0 Å². The quantitative estimate of drug-likeness (QED) is 0.477. The number of aliphatic imine (C=N–C) groups is 1. The summed E-state index contributed by atoms with van der Waals surface area (Å²) in [5.41, 5.74) is -0.538. The maximum Gasteiger partial charge on any atom is 0.227 e. The summed E-state index contributed by atoms with van der Waals surface area (Å²) in [6, 6.07) is 3.84. The van der Waals surface area contributed by atoms with Gasteiger partial charge in [0.1, 0.15) is 5.76 Å². The van der Waals surface area contributed by atoms with E-state index in [2.05, 4.69) is 34.8 Å². The molecule has 1 heterocycles. The molecule has 0 aromatic carbocycles. The van der Waals surface area contributed by atoms with Gasteiger partial charge in [-0.2, -0.15) is 0 Å². The Morgan fingerprint density at radius 2 is 2.04 bits per heavy atom. The van der Waals surface area contributed by atoms with Crippen LogP contribution in [0.25, 0.3) is 0 Å². The molecular formula is C18H32N4O2. The molecule has 1 aromatic rings. The van der Waals surface area contributed by atoms with Crippen LogP contribution in [0.2, 0.25) is 0 Å². The van der Waals surface area contributed by atoms with Crippen LogP contribution in [0.15, 0.2) is 27.8 Å². The average Bonchev–Trinajstić information content (AvgIpc) is 3.02. The Kier molecular flexibility index (Phi) is 8.36. The van der Waals surface area contributed by atoms with Crippen molar-refractivity contribution in [1.29, 1.82) is 0 Å². The first-order valence-corrected chi connectivity index (χ1v) is 8.68. The lowest BCUT2D eigenvalue weighted by Gasteiger charge is -2.22. The molecule has 0 radical (unpaired) electrons. The Bertz CT molecular complexity index is 507. The maximum atomic E-state index is 12.1. The van der Waals surface area contributed by atoms with Crippen LogP contribution in [-0.2, 0) is 11.2 Å². The normalized spacial score (nSPS) is 12.3. The number of hydrogen-bond acceptors (Lipinski definition) is 3. The third-order valence-electron chi connectivity index (χ3n) is 3.51. The molecule has 0 bridgehead atoms. The molecule has 0 spiro atoms. The van der Waals surface area contributed by atoms with E-state index in [0.29, 0.717) is 19.0 Å². The van der Waals surface area contributed by atoms with E-state index in [9.17, 15) is 4.79 Å². The smallest absolute Gasteiger partial charge is 0.227 e. The van der Waals surface area contributed by atoms with Gasteiger partial charge in [0.05, 0.1) is 18.2 Å². The standard InChI is InChI=1S/C18H32N4O2/c1-6-19-16(23)18(4,5)13-22-17(21-12-14(2)3)20-10-9-15-8-7-11-24-15/h7-8,11,14H,6,9-10,12-13H2,1-5H3,(H,19,23)(H2,20,21,22). The fourth-order valence-corrected chi connectivity index (χ4v) is 1.98. The van der Waals surface area contributed by atoms with Gasteiger partial charge in [0.15, 0.2) is 5.96 Å². The molecule has 6 nitrogen and oxygen atoms in total. The van der Waals surface area contributed by atoms with Crippen molar-refractivity contribution < 1.29 is 9.21 Å². The minimum atomic E-state index is -0.538. The minimum Gasteiger partial charge on any atom is -0.469 e. The van der Waals surface area contributed by atoms with E-state index < -0.39 is 5.41 Å². The van der Waals surface area contributed by atoms with Gasteiger partial charge in [0.2, 0.25) is 5.91 Å². The van der Waals surface area contributed by atoms with Gasteiger partial charge < -0.3 is 20.4 Å². The second-order valence-electron chi connectivity index (χ2n) is 6.94. The van der Waals surface area contributed by atoms with Crippen LogP contribution >= 0.6 is 0 Å². The largest absolute Gasteiger partial charge is 0.469 e. The average molecular weight is 336 g/mol. The first-order valence-electron chi connectivity index (χ1n) is 8.68. The van der Waals surface area contributed by atoms with E-state index in [1.807, 2.05) is 32.9 Å². The highest BCUT2D eigenvalue weighted by Gasteiger charge is 2.26. The number of guanidine groups is 1. The lowest BCUT2D eigenvalue weighted by atomic mass is 9.92. The van der Waals surface area contributed by atoms with Gasteiger partial charge in [-0.05, 0) is 38.8 Å². The molecule has 24 heavy (non-hydrogen) atoms. The second kappa shape index (κ2) is 10.0. The number of hydrogen-bond donors (Lipinski definition) is 3. The van der Waals surface area contributed by atoms with Crippen molar-refractivity contribution in [2.45, 2.75) is 41.0 Å². The third kappa shape index (κ3) is 7.53. The van der Waals surface area contributed by atoms with E-state index in [0.717, 1.165) is 31.2 Å². The zero-order chi connectivity index (χ0) is 18.0. The zero-order valence-electron chi connectivity index (χ0n) is 15.6. The van der Waals surface area contributed by atoms with E-state index in [-0.39, 0.29) is 5.91 Å². The summed E-state index contributed by atoms with van der Waals surface area (Å²) in [6.45, 7) is 12.6. The molecule has 3 N–H and O–H groups in total. The number of carbonyl (C=O) groups is 1. The maximum absolute atomic E-state index is 12.1. The molecule has 0 aliphatic carbocycles. The number of amides is 1. The molecule has 1 rings (SSSR count). The van der Waals surface area contributed by atoms with Crippen LogP contribution in [0.4, 0.5) is 0 Å². The predicted molar refractivity (Wildman–Crippen MR) is 98.0 cm³/mol. The van der Waals surface area contributed by atoms with Gasteiger partial charge >= 0.3 is 0 Å². The van der Waals surface area contributed by atoms with Gasteiger partial charge in [0, 0.05) is 26.1 Å². The molecular weight excluding hydrogens is 304 g/mol. The number of carbonyl (C=O) groups excluding carboxylic acids is 1. The lowest BCUT2D eigenvalue weighted by Crippen LogP contribution is -2.43. The summed E-state index contributed by atoms with van der Waals surface area (Å²) < 4.78 is 5.33. The van der Waals surface area contributed by atoms with Crippen LogP contribution < -0.4 is 16.0 Å². The highest BCUT2D eigenvalue weighted by molar-refractivity contribution is 5.83. The molecule has 0 saturated carbocycles. The summed E-state index contributed by atoms with van der Waals surface area (Å²) in [5.74, 6) is 2.20. The Hall–Kier alpha value is -1.98. The minimum absolute atomic E-state index is 0.0209. The Balaban J connectivity index is 2.60. The monoisotopic (exact) mass is 336 g/mol. The summed E-state index contributed by atoms with van der Waals surface area (Å²) in [6.07, 6.45) is 2.46. The molecule has 0 saturated heterocycles. The van der Waals surface area contributed by atoms with E-state index in [4.69, 9.17) is 4.42 Å². The number of furan rings is 1. The molecule has 1 aromatic heterocycles. The van der Waals surface area contributed by atoms with Crippen molar-refractivity contribution in [3.05, 3.63) is 24.2 Å². The van der Waals surface area contributed by atoms with Gasteiger partial charge in [0.25, 0.3) is 0 Å². The zero-order valence-corrected chi connectivity index (χ0v) is 15.6. The topological polar surface area (TPSA) is 78.7 Å². The molecule has 1 amide bonds. The SMILES string of the molecule is CCNC(=O)C(C)(C)CN=C(NCCc1ccco1)NCC(C)C. The van der Waals surface area contributed by atoms with E-state index >= 15 is 0 Å². The summed E-state index contributed by atoms with van der Waals surface area (Å²) in [7, 11) is 0. The van der Waals surface area contributed by atoms with Gasteiger partial charge in [-0.3, -0.25) is 9.79 Å². The van der Waals surface area contributed by atoms with Crippen molar-refractivity contribution in [2.24, 2.45) is 16.3 Å². The fraction of sp³-hybridized carbons (Fsp3) is 0.667. The summed E-state index contributed by atoms with van der Waals surface area (Å²) in [5, 5.41) is 9.48. The molecule has 0 unspecified atom stereocenters. The predicted octanol–water partition coefficient (Wildman–Crippen LogP) is 2.18.